The van der Waals surface area contributed by atoms with Crippen LogP contribution in [0.1, 0.15) is 24.9 Å². The molecule has 1 amide bonds. The molecule has 4 heteroatoms. The minimum Gasteiger partial charge on any atom is -0.349 e. The van der Waals surface area contributed by atoms with E-state index in [4.69, 9.17) is 11.6 Å². The van der Waals surface area contributed by atoms with Gasteiger partial charge in [-0.2, -0.15) is 0 Å². The molecule has 3 nitrogen and oxygen atoms in total. The number of rotatable bonds is 4. The van der Waals surface area contributed by atoms with E-state index in [1.165, 1.54) is 0 Å². The van der Waals surface area contributed by atoms with Crippen molar-refractivity contribution in [1.82, 2.24) is 10.3 Å². The van der Waals surface area contributed by atoms with Crippen LogP contribution in [-0.4, -0.2) is 16.8 Å². The number of carbonyl (C=O) groups excluding carboxylic acids is 1. The number of halogens is 1. The van der Waals surface area contributed by atoms with Crippen molar-refractivity contribution in [3.8, 4) is 0 Å². The molecule has 0 aromatic carbocycles. The normalized spacial score (nSPS) is 12.1. The van der Waals surface area contributed by atoms with Gasteiger partial charge >= 0.3 is 0 Å². The van der Waals surface area contributed by atoms with E-state index >= 15 is 0 Å². The smallest absolute Gasteiger partial charge is 0.221 e. The lowest BCUT2D eigenvalue weighted by atomic mass is 10.1. The van der Waals surface area contributed by atoms with Crippen LogP contribution in [0, 0.1) is 0 Å². The van der Waals surface area contributed by atoms with Crippen LogP contribution >= 0.6 is 11.6 Å². The number of hydrogen-bond donors (Lipinski definition) is 1. The fourth-order valence-corrected chi connectivity index (χ4v) is 1.29. The minimum absolute atomic E-state index is 0.0144. The summed E-state index contributed by atoms with van der Waals surface area (Å²) >= 11 is 5.45. The van der Waals surface area contributed by atoms with Gasteiger partial charge in [0.2, 0.25) is 5.91 Å². The van der Waals surface area contributed by atoms with E-state index in [0.717, 1.165) is 5.56 Å². The molecular weight excluding hydrogens is 200 g/mol. The van der Waals surface area contributed by atoms with Gasteiger partial charge in [0, 0.05) is 24.7 Å². The molecule has 0 aliphatic heterocycles. The minimum atomic E-state index is -0.0312. The highest BCUT2D eigenvalue weighted by Gasteiger charge is 2.08. The summed E-state index contributed by atoms with van der Waals surface area (Å²) in [5.74, 6) is 0.322. The summed E-state index contributed by atoms with van der Waals surface area (Å²) in [6, 6.07) is 3.76. The first-order valence-electron chi connectivity index (χ1n) is 4.49. The highest BCUT2D eigenvalue weighted by Crippen LogP contribution is 2.09. The molecule has 1 rings (SSSR count). The molecule has 1 aromatic heterocycles. The fraction of sp³-hybridized carbons (Fsp3) is 0.400. The van der Waals surface area contributed by atoms with E-state index < -0.39 is 0 Å². The Bertz CT molecular complexity index is 289. The zero-order valence-electron chi connectivity index (χ0n) is 8.03. The third-order valence-electron chi connectivity index (χ3n) is 1.88. The molecule has 0 aliphatic rings. The maximum atomic E-state index is 11.2. The lowest BCUT2D eigenvalue weighted by molar-refractivity contribution is -0.121. The van der Waals surface area contributed by atoms with Crippen molar-refractivity contribution in [3.05, 3.63) is 30.1 Å². The van der Waals surface area contributed by atoms with E-state index in [9.17, 15) is 4.79 Å². The van der Waals surface area contributed by atoms with Gasteiger partial charge in [0.25, 0.3) is 0 Å². The second kappa shape index (κ2) is 5.60. The van der Waals surface area contributed by atoms with Crippen molar-refractivity contribution >= 4 is 17.5 Å². The van der Waals surface area contributed by atoms with E-state index in [2.05, 4.69) is 10.3 Å². The van der Waals surface area contributed by atoms with Gasteiger partial charge in [-0.15, -0.1) is 11.6 Å². The largest absolute Gasteiger partial charge is 0.349 e. The quantitative estimate of drug-likeness (QED) is 0.775. The summed E-state index contributed by atoms with van der Waals surface area (Å²) in [6.07, 6.45) is 3.80. The molecular formula is C10H13ClN2O. The Hall–Kier alpha value is -1.09. The molecule has 0 saturated heterocycles. The number of nitrogens with zero attached hydrogens (tertiary/aromatic N) is 1. The Kier molecular flexibility index (Phi) is 4.40. The second-order valence-electron chi connectivity index (χ2n) is 3.01. The predicted octanol–water partition coefficient (Wildman–Crippen LogP) is 1.89. The molecule has 1 heterocycles. The number of hydrogen-bond acceptors (Lipinski definition) is 2. The molecule has 1 unspecified atom stereocenters. The van der Waals surface area contributed by atoms with E-state index in [-0.39, 0.29) is 11.9 Å². The van der Waals surface area contributed by atoms with Crippen LogP contribution in [0.25, 0.3) is 0 Å². The molecule has 1 N–H and O–H groups in total. The Morgan fingerprint density at radius 3 is 3.07 bits per heavy atom. The van der Waals surface area contributed by atoms with Gasteiger partial charge in [-0.05, 0) is 18.6 Å². The van der Waals surface area contributed by atoms with Gasteiger partial charge in [-0.3, -0.25) is 9.78 Å². The lowest BCUT2D eigenvalue weighted by Crippen LogP contribution is -2.26. The molecule has 14 heavy (non-hydrogen) atoms. The van der Waals surface area contributed by atoms with Crippen LogP contribution in [-0.2, 0) is 4.79 Å². The molecule has 1 atom stereocenters. The van der Waals surface area contributed by atoms with Crippen molar-refractivity contribution in [2.45, 2.75) is 19.4 Å². The van der Waals surface area contributed by atoms with Crippen LogP contribution in [0.15, 0.2) is 24.5 Å². The average Bonchev–Trinajstić information content (AvgIpc) is 2.19. The Morgan fingerprint density at radius 2 is 2.50 bits per heavy atom. The topological polar surface area (TPSA) is 42.0 Å². The van der Waals surface area contributed by atoms with Crippen molar-refractivity contribution in [2.75, 3.05) is 5.88 Å². The first-order chi connectivity index (χ1) is 6.74. The summed E-state index contributed by atoms with van der Waals surface area (Å²) < 4.78 is 0. The molecule has 0 radical (unpaired) electrons. The van der Waals surface area contributed by atoms with Crippen LogP contribution in [0.5, 0.6) is 0 Å². The van der Waals surface area contributed by atoms with Crippen molar-refractivity contribution in [2.24, 2.45) is 0 Å². The van der Waals surface area contributed by atoms with Crippen molar-refractivity contribution < 1.29 is 4.79 Å². The van der Waals surface area contributed by atoms with Crippen LogP contribution in [0.2, 0.25) is 0 Å². The number of pyridine rings is 1. The first kappa shape index (κ1) is 11.0. The summed E-state index contributed by atoms with van der Waals surface area (Å²) in [5, 5.41) is 2.83. The molecule has 76 valence electrons. The highest BCUT2D eigenvalue weighted by atomic mass is 35.5. The van der Waals surface area contributed by atoms with Gasteiger partial charge in [0.05, 0.1) is 6.04 Å². The average molecular weight is 213 g/mol. The number of amides is 1. The van der Waals surface area contributed by atoms with Crippen LogP contribution in [0.4, 0.5) is 0 Å². The summed E-state index contributed by atoms with van der Waals surface area (Å²) in [4.78, 5) is 15.2. The molecule has 1 aromatic rings. The second-order valence-corrected chi connectivity index (χ2v) is 3.39. The fourth-order valence-electron chi connectivity index (χ4n) is 1.11. The van der Waals surface area contributed by atoms with Gasteiger partial charge in [0.1, 0.15) is 0 Å². The van der Waals surface area contributed by atoms with Gasteiger partial charge in [0.15, 0.2) is 0 Å². The maximum Gasteiger partial charge on any atom is 0.221 e. The Morgan fingerprint density at radius 1 is 1.71 bits per heavy atom. The Labute approximate surface area is 88.5 Å². The summed E-state index contributed by atoms with van der Waals surface area (Å²) in [5.41, 5.74) is 0.996. The van der Waals surface area contributed by atoms with E-state index in [0.29, 0.717) is 12.3 Å². The first-order valence-corrected chi connectivity index (χ1v) is 5.02. The van der Waals surface area contributed by atoms with Crippen molar-refractivity contribution in [3.63, 3.8) is 0 Å². The molecule has 0 bridgehead atoms. The highest BCUT2D eigenvalue weighted by molar-refractivity contribution is 6.18. The molecule has 0 fully saturated rings. The van der Waals surface area contributed by atoms with Crippen molar-refractivity contribution in [1.29, 1.82) is 0 Å². The summed E-state index contributed by atoms with van der Waals surface area (Å²) in [6.45, 7) is 1.92. The summed E-state index contributed by atoms with van der Waals surface area (Å²) in [7, 11) is 0. The standard InChI is InChI=1S/C10H13ClN2O/c1-8(13-10(14)4-5-11)9-3-2-6-12-7-9/h2-3,6-8H,4-5H2,1H3,(H,13,14). The maximum absolute atomic E-state index is 11.2. The zero-order chi connectivity index (χ0) is 10.4. The molecule has 0 spiro atoms. The zero-order valence-corrected chi connectivity index (χ0v) is 8.79. The predicted molar refractivity (Wildman–Crippen MR) is 56.1 cm³/mol. The molecule has 0 saturated carbocycles. The number of carbonyl (C=O) groups is 1. The lowest BCUT2D eigenvalue weighted by Gasteiger charge is -2.12. The number of aromatic nitrogens is 1. The monoisotopic (exact) mass is 212 g/mol. The Balaban J connectivity index is 2.50. The number of alkyl halides is 1. The third-order valence-corrected chi connectivity index (χ3v) is 2.07. The van der Waals surface area contributed by atoms with Gasteiger partial charge in [-0.25, -0.2) is 0 Å². The van der Waals surface area contributed by atoms with E-state index in [1.807, 2.05) is 19.1 Å². The van der Waals surface area contributed by atoms with Crippen LogP contribution < -0.4 is 5.32 Å². The third kappa shape index (κ3) is 3.34. The van der Waals surface area contributed by atoms with Crippen LogP contribution in [0.3, 0.4) is 0 Å². The van der Waals surface area contributed by atoms with E-state index in [1.54, 1.807) is 12.4 Å². The number of nitrogens with one attached hydrogen (secondary N) is 1. The SMILES string of the molecule is CC(NC(=O)CCCl)c1cccnc1. The van der Waals surface area contributed by atoms with Gasteiger partial charge in [-0.1, -0.05) is 6.07 Å². The van der Waals surface area contributed by atoms with Gasteiger partial charge < -0.3 is 5.32 Å². The molecule has 0 aliphatic carbocycles.